The van der Waals surface area contributed by atoms with Crippen LogP contribution in [0.25, 0.3) is 91.8 Å². The molecule has 0 N–H and O–H groups in total. The summed E-state index contributed by atoms with van der Waals surface area (Å²) in [5.41, 5.74) is 14.2. The molecule has 10 aromatic carbocycles. The summed E-state index contributed by atoms with van der Waals surface area (Å²) in [6, 6.07) is 84.1. The van der Waals surface area contributed by atoms with E-state index in [1.54, 1.807) is 0 Å². The van der Waals surface area contributed by atoms with E-state index in [0.29, 0.717) is 0 Å². The number of thiophene rings is 1. The van der Waals surface area contributed by atoms with Crippen LogP contribution in [0.1, 0.15) is 0 Å². The largest absolute Gasteiger partial charge is 0.309 e. The Labute approximate surface area is 358 Å². The van der Waals surface area contributed by atoms with Gasteiger partial charge in [0.2, 0.25) is 0 Å². The van der Waals surface area contributed by atoms with E-state index in [2.05, 4.69) is 240 Å². The van der Waals surface area contributed by atoms with Gasteiger partial charge in [-0.15, -0.1) is 11.3 Å². The number of aromatic nitrogens is 1. The zero-order chi connectivity index (χ0) is 40.3. The number of hydrogen-bond acceptors (Lipinski definition) is 2. The Morgan fingerprint density at radius 1 is 0.344 bits per heavy atom. The second-order valence-electron chi connectivity index (χ2n) is 15.6. The molecule has 0 aliphatic heterocycles. The van der Waals surface area contributed by atoms with E-state index < -0.39 is 0 Å². The topological polar surface area (TPSA) is 8.17 Å². The standard InChI is InChI=1S/C58H38N2S/c1-2-15-39(16-3-1)46-23-12-17-42-18-13-24-47(57(42)46)41-33-37-44(38-34-41)59(55-29-14-25-51-50-22-7-11-30-56(50)61-58(51)55)43-35-31-40(32-36-43)45-19-4-8-26-52(45)60-53-27-9-5-20-48(53)49-21-6-10-28-54(49)60/h1-38H. The number of rotatable bonds is 7. The quantitative estimate of drug-likeness (QED) is 0.156. The fourth-order valence-electron chi connectivity index (χ4n) is 9.45. The highest BCUT2D eigenvalue weighted by Gasteiger charge is 2.20. The molecule has 61 heavy (non-hydrogen) atoms. The van der Waals surface area contributed by atoms with Crippen LogP contribution in [0, 0.1) is 0 Å². The van der Waals surface area contributed by atoms with Crippen molar-refractivity contribution < 1.29 is 0 Å². The lowest BCUT2D eigenvalue weighted by atomic mass is 9.91. The fourth-order valence-corrected chi connectivity index (χ4v) is 10.7. The first-order valence-electron chi connectivity index (χ1n) is 20.8. The number of para-hydroxylation sites is 3. The van der Waals surface area contributed by atoms with Gasteiger partial charge in [-0.3, -0.25) is 0 Å². The molecular formula is C58H38N2S. The van der Waals surface area contributed by atoms with Crippen LogP contribution in [0.15, 0.2) is 231 Å². The SMILES string of the molecule is c1ccc(-c2cccc3cccc(-c4ccc(N(c5ccc(-c6ccccc6-n6c7ccccc7c7ccccc76)cc5)c5cccc6c5sc5ccccc56)cc4)c23)cc1. The minimum absolute atomic E-state index is 1.10. The zero-order valence-electron chi connectivity index (χ0n) is 33.2. The van der Waals surface area contributed by atoms with Crippen molar-refractivity contribution in [1.29, 1.82) is 0 Å². The van der Waals surface area contributed by atoms with E-state index in [-0.39, 0.29) is 0 Å². The molecule has 0 unspecified atom stereocenters. The smallest absolute Gasteiger partial charge is 0.0640 e. The molecule has 286 valence electrons. The van der Waals surface area contributed by atoms with Crippen LogP contribution in [0.3, 0.4) is 0 Å². The highest BCUT2D eigenvalue weighted by atomic mass is 32.1. The summed E-state index contributed by atoms with van der Waals surface area (Å²) in [6.07, 6.45) is 0. The van der Waals surface area contributed by atoms with E-state index in [1.165, 1.54) is 97.5 Å². The van der Waals surface area contributed by atoms with Crippen LogP contribution in [0.4, 0.5) is 17.1 Å². The molecule has 0 radical (unpaired) electrons. The lowest BCUT2D eigenvalue weighted by molar-refractivity contribution is 1.18. The van der Waals surface area contributed by atoms with Gasteiger partial charge in [-0.25, -0.2) is 0 Å². The van der Waals surface area contributed by atoms with Gasteiger partial charge in [0.1, 0.15) is 0 Å². The average Bonchev–Trinajstić information content (AvgIpc) is 3.89. The highest BCUT2D eigenvalue weighted by Crippen LogP contribution is 2.46. The van der Waals surface area contributed by atoms with Crippen molar-refractivity contribution in [2.75, 3.05) is 4.90 Å². The predicted octanol–water partition coefficient (Wildman–Crippen LogP) is 16.8. The number of benzene rings is 10. The summed E-state index contributed by atoms with van der Waals surface area (Å²) in [4.78, 5) is 2.43. The minimum Gasteiger partial charge on any atom is -0.309 e. The first-order chi connectivity index (χ1) is 30.3. The Hall–Kier alpha value is -7.72. The van der Waals surface area contributed by atoms with E-state index in [4.69, 9.17) is 0 Å². The molecule has 0 fully saturated rings. The monoisotopic (exact) mass is 794 g/mol. The summed E-state index contributed by atoms with van der Waals surface area (Å²) >= 11 is 1.86. The number of nitrogens with zero attached hydrogens (tertiary/aromatic N) is 2. The number of fused-ring (bicyclic) bond motifs is 7. The zero-order valence-corrected chi connectivity index (χ0v) is 34.1. The maximum atomic E-state index is 2.43. The van der Waals surface area contributed by atoms with Gasteiger partial charge in [-0.2, -0.15) is 0 Å². The highest BCUT2D eigenvalue weighted by molar-refractivity contribution is 7.26. The Bertz CT molecular complexity index is 3520. The molecule has 2 heterocycles. The first kappa shape index (κ1) is 35.2. The van der Waals surface area contributed by atoms with E-state index in [1.807, 2.05) is 11.3 Å². The van der Waals surface area contributed by atoms with Crippen LogP contribution in [0.5, 0.6) is 0 Å². The number of anilines is 3. The van der Waals surface area contributed by atoms with Crippen molar-refractivity contribution in [3.8, 4) is 39.1 Å². The summed E-state index contributed by atoms with van der Waals surface area (Å²) in [5.74, 6) is 0. The molecule has 0 saturated carbocycles. The van der Waals surface area contributed by atoms with Gasteiger partial charge in [0.15, 0.2) is 0 Å². The molecule has 0 amide bonds. The fraction of sp³-hybridized carbons (Fsp3) is 0. The average molecular weight is 795 g/mol. The van der Waals surface area contributed by atoms with E-state index in [0.717, 1.165) is 11.4 Å². The lowest BCUT2D eigenvalue weighted by Crippen LogP contribution is -2.10. The van der Waals surface area contributed by atoms with Gasteiger partial charge in [-0.05, 0) is 93.2 Å². The molecule has 12 aromatic rings. The molecule has 3 heteroatoms. The molecule has 12 rings (SSSR count). The Kier molecular flexibility index (Phi) is 8.39. The molecule has 2 aromatic heterocycles. The molecule has 0 saturated heterocycles. The second kappa shape index (κ2) is 14.5. The lowest BCUT2D eigenvalue weighted by Gasteiger charge is -2.27. The summed E-state index contributed by atoms with van der Waals surface area (Å²) in [5, 5.41) is 7.60. The van der Waals surface area contributed by atoms with Gasteiger partial charge in [0.25, 0.3) is 0 Å². The Morgan fingerprint density at radius 3 is 1.51 bits per heavy atom. The van der Waals surface area contributed by atoms with Gasteiger partial charge in [0.05, 0.1) is 27.1 Å². The van der Waals surface area contributed by atoms with Crippen molar-refractivity contribution >= 4 is 81.1 Å². The van der Waals surface area contributed by atoms with Crippen molar-refractivity contribution in [3.63, 3.8) is 0 Å². The molecule has 0 bridgehead atoms. The van der Waals surface area contributed by atoms with Gasteiger partial charge in [0, 0.05) is 43.2 Å². The minimum atomic E-state index is 1.10. The Morgan fingerprint density at radius 2 is 0.836 bits per heavy atom. The van der Waals surface area contributed by atoms with Crippen molar-refractivity contribution in [2.45, 2.75) is 0 Å². The van der Waals surface area contributed by atoms with Crippen LogP contribution in [0.2, 0.25) is 0 Å². The molecule has 0 spiro atoms. The summed E-state index contributed by atoms with van der Waals surface area (Å²) < 4.78 is 4.99. The predicted molar refractivity (Wildman–Crippen MR) is 262 cm³/mol. The van der Waals surface area contributed by atoms with Crippen LogP contribution in [-0.4, -0.2) is 4.57 Å². The van der Waals surface area contributed by atoms with E-state index in [9.17, 15) is 0 Å². The van der Waals surface area contributed by atoms with Gasteiger partial charge < -0.3 is 9.47 Å². The third kappa shape index (κ3) is 5.85. The maximum Gasteiger partial charge on any atom is 0.0640 e. The number of hydrogen-bond donors (Lipinski definition) is 0. The third-order valence-corrected chi connectivity index (χ3v) is 13.4. The maximum absolute atomic E-state index is 2.43. The van der Waals surface area contributed by atoms with Gasteiger partial charge >= 0.3 is 0 Å². The van der Waals surface area contributed by atoms with Crippen LogP contribution in [-0.2, 0) is 0 Å². The summed E-state index contributed by atoms with van der Waals surface area (Å²) in [7, 11) is 0. The van der Waals surface area contributed by atoms with Crippen molar-refractivity contribution in [3.05, 3.63) is 231 Å². The van der Waals surface area contributed by atoms with Crippen molar-refractivity contribution in [1.82, 2.24) is 4.57 Å². The van der Waals surface area contributed by atoms with Crippen LogP contribution < -0.4 is 4.90 Å². The first-order valence-corrected chi connectivity index (χ1v) is 21.7. The molecule has 2 nitrogen and oxygen atoms in total. The summed E-state index contributed by atoms with van der Waals surface area (Å²) in [6.45, 7) is 0. The normalized spacial score (nSPS) is 11.6. The molecule has 0 atom stereocenters. The molecular weight excluding hydrogens is 757 g/mol. The second-order valence-corrected chi connectivity index (χ2v) is 16.7. The Balaban J connectivity index is 1.000. The molecule has 0 aliphatic rings. The van der Waals surface area contributed by atoms with Gasteiger partial charge in [-0.1, -0.05) is 176 Å². The van der Waals surface area contributed by atoms with E-state index >= 15 is 0 Å². The van der Waals surface area contributed by atoms with Crippen molar-refractivity contribution in [2.24, 2.45) is 0 Å². The third-order valence-electron chi connectivity index (χ3n) is 12.2. The van der Waals surface area contributed by atoms with Crippen LogP contribution >= 0.6 is 11.3 Å². The molecule has 0 aliphatic carbocycles.